The molecule has 3 unspecified atom stereocenters. The van der Waals surface area contributed by atoms with Crippen LogP contribution >= 0.6 is 0 Å². The van der Waals surface area contributed by atoms with Crippen molar-refractivity contribution >= 4 is 0 Å². The predicted octanol–water partition coefficient (Wildman–Crippen LogP) is 1.61. The van der Waals surface area contributed by atoms with E-state index in [4.69, 9.17) is 0 Å². The Labute approximate surface area is 81.7 Å². The van der Waals surface area contributed by atoms with Crippen LogP contribution in [0.2, 0.25) is 0 Å². The number of nitrogens with zero attached hydrogens (tertiary/aromatic N) is 1. The van der Waals surface area contributed by atoms with Crippen LogP contribution in [0.4, 0.5) is 0 Å². The zero-order valence-corrected chi connectivity index (χ0v) is 8.92. The van der Waals surface area contributed by atoms with Gasteiger partial charge in [0.25, 0.3) is 0 Å². The van der Waals surface area contributed by atoms with E-state index in [-0.39, 0.29) is 0 Å². The number of hydrogen-bond acceptors (Lipinski definition) is 2. The van der Waals surface area contributed by atoms with Crippen molar-refractivity contribution in [1.82, 2.24) is 10.2 Å². The fourth-order valence-electron chi connectivity index (χ4n) is 2.59. The molecular formula is C11H22N2. The Morgan fingerprint density at radius 2 is 1.77 bits per heavy atom. The number of rotatable bonds is 2. The van der Waals surface area contributed by atoms with Crippen molar-refractivity contribution in [3.63, 3.8) is 0 Å². The summed E-state index contributed by atoms with van der Waals surface area (Å²) in [6, 6.07) is 2.42. The van der Waals surface area contributed by atoms with Gasteiger partial charge in [-0.05, 0) is 39.7 Å². The van der Waals surface area contributed by atoms with Crippen LogP contribution in [0.15, 0.2) is 0 Å². The molecule has 2 heteroatoms. The Morgan fingerprint density at radius 1 is 1.15 bits per heavy atom. The predicted molar refractivity (Wildman–Crippen MR) is 55.9 cm³/mol. The maximum absolute atomic E-state index is 3.49. The van der Waals surface area contributed by atoms with Crippen molar-refractivity contribution in [2.24, 2.45) is 0 Å². The van der Waals surface area contributed by atoms with Crippen molar-refractivity contribution in [2.45, 2.75) is 57.7 Å². The molecule has 2 fully saturated rings. The van der Waals surface area contributed by atoms with E-state index in [1.807, 2.05) is 0 Å². The van der Waals surface area contributed by atoms with Crippen LogP contribution in [0.25, 0.3) is 0 Å². The minimum Gasteiger partial charge on any atom is -0.313 e. The Kier molecular flexibility index (Phi) is 2.89. The summed E-state index contributed by atoms with van der Waals surface area (Å²) >= 11 is 0. The molecule has 2 aliphatic rings. The molecule has 0 amide bonds. The fourth-order valence-corrected chi connectivity index (χ4v) is 2.59. The molecule has 1 N–H and O–H groups in total. The molecular weight excluding hydrogens is 160 g/mol. The van der Waals surface area contributed by atoms with Gasteiger partial charge in [-0.1, -0.05) is 6.42 Å². The molecule has 2 saturated heterocycles. The molecule has 13 heavy (non-hydrogen) atoms. The van der Waals surface area contributed by atoms with Crippen molar-refractivity contribution in [3.05, 3.63) is 0 Å². The smallest absolute Gasteiger partial charge is 0.0207 e. The van der Waals surface area contributed by atoms with Crippen molar-refractivity contribution in [1.29, 1.82) is 0 Å². The normalized spacial score (nSPS) is 41.5. The second-order valence-corrected chi connectivity index (χ2v) is 4.77. The quantitative estimate of drug-likeness (QED) is 0.698. The lowest BCUT2D eigenvalue weighted by Crippen LogP contribution is -2.55. The Balaban J connectivity index is 1.85. The highest BCUT2D eigenvalue weighted by Crippen LogP contribution is 2.23. The van der Waals surface area contributed by atoms with E-state index in [0.29, 0.717) is 0 Å². The van der Waals surface area contributed by atoms with E-state index in [2.05, 4.69) is 24.1 Å². The summed E-state index contributed by atoms with van der Waals surface area (Å²) in [5.74, 6) is 0. The third kappa shape index (κ3) is 2.05. The van der Waals surface area contributed by atoms with Gasteiger partial charge in [0.2, 0.25) is 0 Å². The van der Waals surface area contributed by atoms with Crippen molar-refractivity contribution in [3.8, 4) is 0 Å². The van der Waals surface area contributed by atoms with E-state index in [9.17, 15) is 0 Å². The van der Waals surface area contributed by atoms with Crippen molar-refractivity contribution in [2.75, 3.05) is 13.1 Å². The number of nitrogens with one attached hydrogen (secondary N) is 1. The molecule has 76 valence electrons. The Bertz CT molecular complexity index is 155. The maximum Gasteiger partial charge on any atom is 0.0207 e. The molecule has 0 aliphatic carbocycles. The van der Waals surface area contributed by atoms with Crippen LogP contribution in [0.1, 0.15) is 39.5 Å². The fraction of sp³-hybridized carbons (Fsp3) is 1.00. The van der Waals surface area contributed by atoms with Crippen molar-refractivity contribution < 1.29 is 0 Å². The van der Waals surface area contributed by atoms with E-state index in [0.717, 1.165) is 18.1 Å². The minimum absolute atomic E-state index is 0.794. The molecule has 2 rings (SSSR count). The third-order valence-corrected chi connectivity index (χ3v) is 3.73. The lowest BCUT2D eigenvalue weighted by atomic mass is 9.95. The Morgan fingerprint density at radius 3 is 2.23 bits per heavy atom. The molecule has 0 bridgehead atoms. The molecule has 0 aromatic heterocycles. The lowest BCUT2D eigenvalue weighted by Gasteiger charge is -2.43. The summed E-state index contributed by atoms with van der Waals surface area (Å²) in [6.07, 6.45) is 5.61. The van der Waals surface area contributed by atoms with Crippen LogP contribution in [0.5, 0.6) is 0 Å². The summed E-state index contributed by atoms with van der Waals surface area (Å²) in [6.45, 7) is 7.28. The van der Waals surface area contributed by atoms with Gasteiger partial charge in [0.15, 0.2) is 0 Å². The summed E-state index contributed by atoms with van der Waals surface area (Å²) < 4.78 is 0. The second-order valence-electron chi connectivity index (χ2n) is 4.77. The number of likely N-dealkylation sites (tertiary alicyclic amines) is 1. The third-order valence-electron chi connectivity index (χ3n) is 3.73. The van der Waals surface area contributed by atoms with Gasteiger partial charge in [-0.15, -0.1) is 0 Å². The highest BCUT2D eigenvalue weighted by Gasteiger charge is 2.28. The van der Waals surface area contributed by atoms with Crippen LogP contribution in [-0.2, 0) is 0 Å². The van der Waals surface area contributed by atoms with E-state index >= 15 is 0 Å². The largest absolute Gasteiger partial charge is 0.313 e. The second kappa shape index (κ2) is 3.97. The Hall–Kier alpha value is -0.0800. The van der Waals surface area contributed by atoms with Gasteiger partial charge < -0.3 is 5.32 Å². The highest BCUT2D eigenvalue weighted by atomic mass is 15.2. The number of piperidine rings is 1. The van der Waals surface area contributed by atoms with E-state index < -0.39 is 0 Å². The first-order chi connectivity index (χ1) is 6.27. The summed E-state index contributed by atoms with van der Waals surface area (Å²) in [4.78, 5) is 2.69. The molecule has 2 nitrogen and oxygen atoms in total. The first-order valence-corrected chi connectivity index (χ1v) is 5.76. The molecule has 0 aromatic carbocycles. The molecule has 0 aromatic rings. The van der Waals surface area contributed by atoms with Gasteiger partial charge >= 0.3 is 0 Å². The van der Waals surface area contributed by atoms with Crippen LogP contribution in [0.3, 0.4) is 0 Å². The molecule has 2 aliphatic heterocycles. The standard InChI is InChI=1S/C11H22N2/c1-9-4-3-5-10(2)13(9)8-11-6-7-12-11/h9-12H,3-8H2,1-2H3. The van der Waals surface area contributed by atoms with Crippen LogP contribution < -0.4 is 5.32 Å². The molecule has 0 saturated carbocycles. The highest BCUT2D eigenvalue weighted by molar-refractivity contribution is 4.87. The zero-order valence-electron chi connectivity index (χ0n) is 8.92. The first-order valence-electron chi connectivity index (χ1n) is 5.76. The summed E-state index contributed by atoms with van der Waals surface area (Å²) in [5, 5.41) is 3.49. The summed E-state index contributed by atoms with van der Waals surface area (Å²) in [5.41, 5.74) is 0. The van der Waals surface area contributed by atoms with E-state index in [1.165, 1.54) is 38.8 Å². The van der Waals surface area contributed by atoms with Crippen LogP contribution in [0, 0.1) is 0 Å². The van der Waals surface area contributed by atoms with Gasteiger partial charge in [-0.3, -0.25) is 4.90 Å². The number of hydrogen-bond donors (Lipinski definition) is 1. The monoisotopic (exact) mass is 182 g/mol. The van der Waals surface area contributed by atoms with Gasteiger partial charge in [0.1, 0.15) is 0 Å². The van der Waals surface area contributed by atoms with E-state index in [1.54, 1.807) is 0 Å². The lowest BCUT2D eigenvalue weighted by molar-refractivity contribution is 0.0799. The summed E-state index contributed by atoms with van der Waals surface area (Å²) in [7, 11) is 0. The molecule has 2 heterocycles. The molecule has 0 spiro atoms. The van der Waals surface area contributed by atoms with Gasteiger partial charge in [-0.25, -0.2) is 0 Å². The molecule has 0 radical (unpaired) electrons. The topological polar surface area (TPSA) is 15.3 Å². The average molecular weight is 182 g/mol. The molecule has 3 atom stereocenters. The SMILES string of the molecule is CC1CCCC(C)N1CC1CCN1. The van der Waals surface area contributed by atoms with Gasteiger partial charge in [-0.2, -0.15) is 0 Å². The average Bonchev–Trinajstić information content (AvgIpc) is 2.00. The van der Waals surface area contributed by atoms with Gasteiger partial charge in [0.05, 0.1) is 0 Å². The van der Waals surface area contributed by atoms with Gasteiger partial charge in [0, 0.05) is 24.7 Å². The maximum atomic E-state index is 3.49. The minimum atomic E-state index is 0.794. The zero-order chi connectivity index (χ0) is 9.26. The van der Waals surface area contributed by atoms with Crippen LogP contribution in [-0.4, -0.2) is 36.1 Å². The first kappa shape index (κ1) is 9.47.